The van der Waals surface area contributed by atoms with Gasteiger partial charge in [0.1, 0.15) is 0 Å². The maximum Gasteiger partial charge on any atom is 0.178 e. The molecule has 0 fully saturated rings. The Bertz CT molecular complexity index is 644. The molecule has 1 atom stereocenters. The summed E-state index contributed by atoms with van der Waals surface area (Å²) < 4.78 is 24.8. The monoisotopic (exact) mass is 322 g/mol. The van der Waals surface area contributed by atoms with Gasteiger partial charge in [-0.15, -0.1) is 0 Å². The second kappa shape index (κ2) is 6.17. The van der Waals surface area contributed by atoms with Gasteiger partial charge in [0.2, 0.25) is 0 Å². The molecule has 0 aromatic heterocycles. The van der Waals surface area contributed by atoms with Gasteiger partial charge in [-0.2, -0.15) is 0 Å². The Morgan fingerprint density at radius 2 is 1.86 bits per heavy atom. The van der Waals surface area contributed by atoms with E-state index in [0.717, 1.165) is 6.42 Å². The lowest BCUT2D eigenvalue weighted by Crippen LogP contribution is -2.46. The van der Waals surface area contributed by atoms with Gasteiger partial charge in [-0.1, -0.05) is 43.7 Å². The molecule has 4 heteroatoms. The van der Waals surface area contributed by atoms with Crippen LogP contribution < -0.4 is 0 Å². The molecule has 0 amide bonds. The number of sulfone groups is 1. The van der Waals surface area contributed by atoms with Crippen LogP contribution >= 0.6 is 0 Å². The van der Waals surface area contributed by atoms with E-state index >= 15 is 0 Å². The Morgan fingerprint density at radius 3 is 2.41 bits per heavy atom. The van der Waals surface area contributed by atoms with Crippen molar-refractivity contribution in [2.24, 2.45) is 5.41 Å². The minimum Gasteiger partial charge on any atom is -0.389 e. The first-order valence-electron chi connectivity index (χ1n) is 7.82. The Balaban J connectivity index is 2.10. The zero-order chi connectivity index (χ0) is 16.4. The smallest absolute Gasteiger partial charge is 0.178 e. The van der Waals surface area contributed by atoms with E-state index in [1.165, 1.54) is 5.57 Å². The highest BCUT2D eigenvalue weighted by atomic mass is 32.2. The normalized spacial score (nSPS) is 23.2. The van der Waals surface area contributed by atoms with Gasteiger partial charge in [0, 0.05) is 0 Å². The summed E-state index contributed by atoms with van der Waals surface area (Å²) in [5, 5.41) is 10.9. The fourth-order valence-electron chi connectivity index (χ4n) is 2.93. The van der Waals surface area contributed by atoms with Gasteiger partial charge in [0.15, 0.2) is 9.84 Å². The summed E-state index contributed by atoms with van der Waals surface area (Å²) in [6.45, 7) is 6.02. The Kier molecular flexibility index (Phi) is 4.83. The number of aliphatic hydroxyl groups is 1. The fraction of sp³-hybridized carbons (Fsp3) is 0.556. The van der Waals surface area contributed by atoms with E-state index in [-0.39, 0.29) is 5.75 Å². The molecule has 0 saturated heterocycles. The van der Waals surface area contributed by atoms with E-state index < -0.39 is 20.9 Å². The standard InChI is InChI=1S/C18H26O3S/c1-15-9-11-18(19,12-10-15)17(2,3)13-14-22(20,21)16-7-5-4-6-8-16/h4-9,19H,10-14H2,1-3H3. The van der Waals surface area contributed by atoms with Gasteiger partial charge in [0.25, 0.3) is 0 Å². The van der Waals surface area contributed by atoms with Crippen LogP contribution in [0.5, 0.6) is 0 Å². The molecule has 1 aliphatic carbocycles. The van der Waals surface area contributed by atoms with Gasteiger partial charge in [-0.25, -0.2) is 8.42 Å². The van der Waals surface area contributed by atoms with Crippen molar-refractivity contribution in [3.8, 4) is 0 Å². The molecule has 0 saturated carbocycles. The first kappa shape index (κ1) is 17.2. The highest BCUT2D eigenvalue weighted by molar-refractivity contribution is 7.91. The van der Waals surface area contributed by atoms with Crippen LogP contribution in [0.2, 0.25) is 0 Å². The predicted octanol–water partition coefficient (Wildman–Crippen LogP) is 3.74. The quantitative estimate of drug-likeness (QED) is 0.840. The third-order valence-corrected chi connectivity index (χ3v) is 6.81. The fourth-order valence-corrected chi connectivity index (χ4v) is 4.52. The first-order chi connectivity index (χ1) is 10.2. The molecule has 1 aromatic rings. The van der Waals surface area contributed by atoms with Crippen molar-refractivity contribution in [3.63, 3.8) is 0 Å². The van der Waals surface area contributed by atoms with Crippen molar-refractivity contribution in [2.45, 2.75) is 57.0 Å². The minimum atomic E-state index is -3.30. The van der Waals surface area contributed by atoms with Crippen LogP contribution in [0.1, 0.15) is 46.5 Å². The number of rotatable bonds is 5. The van der Waals surface area contributed by atoms with Gasteiger partial charge in [-0.05, 0) is 50.2 Å². The molecule has 2 rings (SSSR count). The topological polar surface area (TPSA) is 54.4 Å². The second-order valence-corrected chi connectivity index (χ2v) is 9.16. The predicted molar refractivity (Wildman–Crippen MR) is 89.5 cm³/mol. The molecule has 1 aromatic carbocycles. The molecule has 0 bridgehead atoms. The van der Waals surface area contributed by atoms with E-state index in [4.69, 9.17) is 0 Å². The molecular weight excluding hydrogens is 296 g/mol. The first-order valence-corrected chi connectivity index (χ1v) is 9.47. The van der Waals surface area contributed by atoms with Crippen molar-refractivity contribution in [3.05, 3.63) is 42.0 Å². The Morgan fingerprint density at radius 1 is 1.23 bits per heavy atom. The lowest BCUT2D eigenvalue weighted by molar-refractivity contribution is -0.0758. The van der Waals surface area contributed by atoms with Crippen molar-refractivity contribution in [1.82, 2.24) is 0 Å². The van der Waals surface area contributed by atoms with Crippen LogP contribution in [0.3, 0.4) is 0 Å². The molecule has 1 N–H and O–H groups in total. The molecule has 0 aliphatic heterocycles. The maximum atomic E-state index is 12.4. The zero-order valence-electron chi connectivity index (χ0n) is 13.7. The highest BCUT2D eigenvalue weighted by Crippen LogP contribution is 2.44. The number of benzene rings is 1. The van der Waals surface area contributed by atoms with E-state index in [2.05, 4.69) is 13.0 Å². The number of allylic oxidation sites excluding steroid dienone is 1. The summed E-state index contributed by atoms with van der Waals surface area (Å²) in [5.41, 5.74) is 0.0440. The van der Waals surface area contributed by atoms with Crippen molar-refractivity contribution >= 4 is 9.84 Å². The van der Waals surface area contributed by atoms with Crippen LogP contribution in [-0.2, 0) is 9.84 Å². The van der Waals surface area contributed by atoms with Gasteiger partial charge in [-0.3, -0.25) is 0 Å². The molecule has 0 spiro atoms. The van der Waals surface area contributed by atoms with Crippen LogP contribution in [0.4, 0.5) is 0 Å². The van der Waals surface area contributed by atoms with E-state index in [9.17, 15) is 13.5 Å². The summed E-state index contributed by atoms with van der Waals surface area (Å²) in [7, 11) is -3.30. The minimum absolute atomic E-state index is 0.0645. The Hall–Kier alpha value is -1.13. The molecule has 1 unspecified atom stereocenters. The van der Waals surface area contributed by atoms with Crippen molar-refractivity contribution < 1.29 is 13.5 Å². The zero-order valence-corrected chi connectivity index (χ0v) is 14.5. The van der Waals surface area contributed by atoms with Gasteiger partial charge >= 0.3 is 0 Å². The van der Waals surface area contributed by atoms with Gasteiger partial charge < -0.3 is 5.11 Å². The van der Waals surface area contributed by atoms with Crippen LogP contribution in [-0.4, -0.2) is 24.9 Å². The third kappa shape index (κ3) is 3.61. The average molecular weight is 322 g/mol. The molecular formula is C18H26O3S. The highest BCUT2D eigenvalue weighted by Gasteiger charge is 2.43. The molecule has 3 nitrogen and oxygen atoms in total. The lowest BCUT2D eigenvalue weighted by atomic mass is 9.66. The average Bonchev–Trinajstić information content (AvgIpc) is 2.49. The molecule has 122 valence electrons. The molecule has 22 heavy (non-hydrogen) atoms. The molecule has 0 heterocycles. The third-order valence-electron chi connectivity index (χ3n) is 5.08. The summed E-state index contributed by atoms with van der Waals surface area (Å²) in [4.78, 5) is 0.358. The summed E-state index contributed by atoms with van der Waals surface area (Å²) >= 11 is 0. The number of hydrogen-bond donors (Lipinski definition) is 1. The van der Waals surface area contributed by atoms with Crippen LogP contribution in [0, 0.1) is 5.41 Å². The largest absolute Gasteiger partial charge is 0.389 e. The SMILES string of the molecule is CC1=CCC(O)(C(C)(C)CCS(=O)(=O)c2ccccc2)CC1. The molecule has 1 aliphatic rings. The van der Waals surface area contributed by atoms with Crippen molar-refractivity contribution in [1.29, 1.82) is 0 Å². The lowest BCUT2D eigenvalue weighted by Gasteiger charge is -2.44. The van der Waals surface area contributed by atoms with E-state index in [1.807, 2.05) is 19.9 Å². The summed E-state index contributed by atoms with van der Waals surface area (Å²) in [5.74, 6) is 0.0645. The number of hydrogen-bond acceptors (Lipinski definition) is 3. The van der Waals surface area contributed by atoms with E-state index in [1.54, 1.807) is 24.3 Å². The summed E-state index contributed by atoms with van der Waals surface area (Å²) in [6, 6.07) is 8.54. The Labute approximate surface area is 134 Å². The van der Waals surface area contributed by atoms with E-state index in [0.29, 0.717) is 24.2 Å². The molecule has 0 radical (unpaired) electrons. The van der Waals surface area contributed by atoms with Gasteiger partial charge in [0.05, 0.1) is 16.2 Å². The van der Waals surface area contributed by atoms with Crippen molar-refractivity contribution in [2.75, 3.05) is 5.75 Å². The summed E-state index contributed by atoms with van der Waals surface area (Å²) in [6.07, 6.45) is 4.72. The maximum absolute atomic E-state index is 12.4. The second-order valence-electron chi connectivity index (χ2n) is 7.05. The van der Waals surface area contributed by atoms with Crippen LogP contribution in [0.15, 0.2) is 46.9 Å². The van der Waals surface area contributed by atoms with Crippen LogP contribution in [0.25, 0.3) is 0 Å².